The summed E-state index contributed by atoms with van der Waals surface area (Å²) in [4.78, 5) is 33.4. The minimum Gasteiger partial charge on any atom is -0.480 e. The van der Waals surface area contributed by atoms with Crippen LogP contribution in [0.5, 0.6) is 0 Å². The molecule has 1 aromatic rings. The minimum atomic E-state index is -1.51. The Morgan fingerprint density at radius 2 is 2.15 bits per heavy atom. The second-order valence-electron chi connectivity index (χ2n) is 3.69. The van der Waals surface area contributed by atoms with Crippen LogP contribution in [0.4, 0.5) is 5.69 Å². The molecule has 0 fully saturated rings. The van der Waals surface area contributed by atoms with Crippen molar-refractivity contribution in [2.24, 2.45) is 0 Å². The molecule has 1 atom stereocenters. The minimum absolute atomic E-state index is 0.249. The van der Waals surface area contributed by atoms with Gasteiger partial charge in [0.2, 0.25) is 0 Å². The number of hydrogen-bond donors (Lipinski definition) is 3. The Morgan fingerprint density at radius 3 is 2.60 bits per heavy atom. The number of aliphatic hydroxyl groups excluding tert-OH is 1. The predicted molar refractivity (Wildman–Crippen MR) is 70.9 cm³/mol. The van der Waals surface area contributed by atoms with Crippen LogP contribution >= 0.6 is 11.8 Å². The highest BCUT2D eigenvalue weighted by Crippen LogP contribution is 2.24. The van der Waals surface area contributed by atoms with Crippen molar-refractivity contribution in [3.63, 3.8) is 0 Å². The summed E-state index contributed by atoms with van der Waals surface area (Å²) in [5, 5.41) is 30.5. The van der Waals surface area contributed by atoms with Crippen molar-refractivity contribution in [1.82, 2.24) is 5.32 Å². The Balaban J connectivity index is 3.12. The number of benzene rings is 1. The van der Waals surface area contributed by atoms with Crippen LogP contribution in [0, 0.1) is 10.1 Å². The summed E-state index contributed by atoms with van der Waals surface area (Å²) in [6.07, 6.45) is 1.73. The topological polar surface area (TPSA) is 130 Å². The number of carboxylic acids is 1. The number of nitrogens with zero attached hydrogens (tertiary/aromatic N) is 1. The normalized spacial score (nSPS) is 11.7. The number of aliphatic hydroxyl groups is 1. The Morgan fingerprint density at radius 1 is 1.50 bits per heavy atom. The molecule has 1 unspecified atom stereocenters. The van der Waals surface area contributed by atoms with Crippen molar-refractivity contribution in [2.75, 3.05) is 12.9 Å². The number of hydrogen-bond acceptors (Lipinski definition) is 6. The third-order valence-corrected chi connectivity index (χ3v) is 3.16. The second-order valence-corrected chi connectivity index (χ2v) is 4.57. The van der Waals surface area contributed by atoms with Gasteiger partial charge in [-0.05, 0) is 18.4 Å². The number of carbonyl (C=O) groups excluding carboxylic acids is 1. The highest BCUT2D eigenvalue weighted by Gasteiger charge is 2.25. The monoisotopic (exact) mass is 300 g/mol. The Bertz CT molecular complexity index is 548. The molecule has 1 aromatic carbocycles. The molecule has 0 saturated heterocycles. The van der Waals surface area contributed by atoms with E-state index in [9.17, 15) is 19.7 Å². The highest BCUT2D eigenvalue weighted by atomic mass is 32.2. The number of thioether (sulfide) groups is 1. The van der Waals surface area contributed by atoms with Crippen molar-refractivity contribution >= 4 is 29.3 Å². The van der Waals surface area contributed by atoms with Gasteiger partial charge in [-0.2, -0.15) is 0 Å². The highest BCUT2D eigenvalue weighted by molar-refractivity contribution is 7.98. The molecule has 0 saturated carbocycles. The van der Waals surface area contributed by atoms with Gasteiger partial charge in [0.1, 0.15) is 5.56 Å². The zero-order chi connectivity index (χ0) is 15.3. The summed E-state index contributed by atoms with van der Waals surface area (Å²) in [5.74, 6) is -2.35. The molecule has 0 heterocycles. The molecule has 0 aliphatic rings. The Labute approximate surface area is 117 Å². The molecule has 8 nitrogen and oxygen atoms in total. The van der Waals surface area contributed by atoms with Gasteiger partial charge in [0, 0.05) is 11.0 Å². The van der Waals surface area contributed by atoms with Gasteiger partial charge in [0.15, 0.2) is 6.04 Å². The maximum atomic E-state index is 11.9. The van der Waals surface area contributed by atoms with Crippen LogP contribution in [0.3, 0.4) is 0 Å². The van der Waals surface area contributed by atoms with E-state index in [-0.39, 0.29) is 5.56 Å². The van der Waals surface area contributed by atoms with E-state index >= 15 is 0 Å². The van der Waals surface area contributed by atoms with E-state index in [0.717, 1.165) is 0 Å². The maximum absolute atomic E-state index is 11.9. The molecule has 1 amide bonds. The summed E-state index contributed by atoms with van der Waals surface area (Å²) >= 11 is 1.28. The fraction of sp³-hybridized carbons (Fsp3) is 0.273. The van der Waals surface area contributed by atoms with Crippen molar-refractivity contribution < 1.29 is 24.7 Å². The van der Waals surface area contributed by atoms with Crippen LogP contribution in [0.1, 0.15) is 10.4 Å². The smallest absolute Gasteiger partial charge is 0.328 e. The van der Waals surface area contributed by atoms with E-state index in [1.807, 2.05) is 5.32 Å². The third-order valence-electron chi connectivity index (χ3n) is 2.43. The fourth-order valence-corrected chi connectivity index (χ4v) is 1.84. The molecule has 3 N–H and O–H groups in total. The standard InChI is InChI=1S/C11H12N2O6S/c1-20-6-2-3-9(13(18)19)7(4-6)10(15)12-8(5-14)11(16)17/h2-4,8,14H,5H2,1H3,(H,12,15)(H,16,17). The molecule has 0 aliphatic heterocycles. The van der Waals surface area contributed by atoms with E-state index in [1.165, 1.54) is 30.0 Å². The average molecular weight is 300 g/mol. The summed E-state index contributed by atoms with van der Waals surface area (Å²) in [6, 6.07) is 2.45. The fourth-order valence-electron chi connectivity index (χ4n) is 1.40. The van der Waals surface area contributed by atoms with Crippen LogP contribution in [0.15, 0.2) is 23.1 Å². The Kier molecular flexibility index (Phi) is 5.47. The quantitative estimate of drug-likeness (QED) is 0.396. The van der Waals surface area contributed by atoms with E-state index in [4.69, 9.17) is 10.2 Å². The van der Waals surface area contributed by atoms with Crippen LogP contribution in [0.25, 0.3) is 0 Å². The van der Waals surface area contributed by atoms with Crippen LogP contribution in [0.2, 0.25) is 0 Å². The van der Waals surface area contributed by atoms with Crippen molar-refractivity contribution in [2.45, 2.75) is 10.9 Å². The lowest BCUT2D eigenvalue weighted by atomic mass is 10.1. The molecule has 1 rings (SSSR count). The molecule has 0 radical (unpaired) electrons. The molecule has 9 heteroatoms. The van der Waals surface area contributed by atoms with Crippen molar-refractivity contribution in [3.8, 4) is 0 Å². The van der Waals surface area contributed by atoms with E-state index in [1.54, 1.807) is 6.26 Å². The first kappa shape index (κ1) is 15.9. The molecule has 0 spiro atoms. The molecule has 108 valence electrons. The second kappa shape index (κ2) is 6.87. The summed E-state index contributed by atoms with van der Waals surface area (Å²) in [5.41, 5.74) is -0.677. The first-order valence-electron chi connectivity index (χ1n) is 5.37. The number of amides is 1. The summed E-state index contributed by atoms with van der Waals surface area (Å²) in [6.45, 7) is -0.808. The number of rotatable bonds is 6. The van der Waals surface area contributed by atoms with Gasteiger partial charge in [-0.15, -0.1) is 11.8 Å². The molecule has 20 heavy (non-hydrogen) atoms. The zero-order valence-electron chi connectivity index (χ0n) is 10.4. The number of aliphatic carboxylic acids is 1. The first-order valence-corrected chi connectivity index (χ1v) is 6.60. The molecular weight excluding hydrogens is 288 g/mol. The molecule has 0 aliphatic carbocycles. The molecule has 0 bridgehead atoms. The average Bonchev–Trinajstić information content (AvgIpc) is 2.43. The number of carbonyl (C=O) groups is 2. The van der Waals surface area contributed by atoms with Gasteiger partial charge in [0.25, 0.3) is 11.6 Å². The van der Waals surface area contributed by atoms with E-state index < -0.39 is 35.1 Å². The number of carboxylic acid groups (broad SMARTS) is 1. The number of nitro groups is 1. The van der Waals surface area contributed by atoms with Crippen molar-refractivity contribution in [1.29, 1.82) is 0 Å². The largest absolute Gasteiger partial charge is 0.480 e. The lowest BCUT2D eigenvalue weighted by Crippen LogP contribution is -2.43. The molecular formula is C11H12N2O6S. The SMILES string of the molecule is CSc1ccc([N+](=O)[O-])c(C(=O)NC(CO)C(=O)O)c1. The van der Waals surface area contributed by atoms with Crippen LogP contribution < -0.4 is 5.32 Å². The molecule has 0 aromatic heterocycles. The van der Waals surface area contributed by atoms with Gasteiger partial charge in [-0.3, -0.25) is 14.9 Å². The van der Waals surface area contributed by atoms with Crippen molar-refractivity contribution in [3.05, 3.63) is 33.9 Å². The van der Waals surface area contributed by atoms with Gasteiger partial charge < -0.3 is 15.5 Å². The lowest BCUT2D eigenvalue weighted by Gasteiger charge is -2.12. The maximum Gasteiger partial charge on any atom is 0.328 e. The predicted octanol–water partition coefficient (Wildman–Crippen LogP) is 0.492. The number of nitro benzene ring substituents is 1. The zero-order valence-corrected chi connectivity index (χ0v) is 11.2. The van der Waals surface area contributed by atoms with Gasteiger partial charge in [-0.1, -0.05) is 0 Å². The Hall–Kier alpha value is -2.13. The summed E-state index contributed by atoms with van der Waals surface area (Å²) < 4.78 is 0. The third kappa shape index (κ3) is 3.68. The van der Waals surface area contributed by atoms with Crippen LogP contribution in [-0.4, -0.2) is 45.9 Å². The van der Waals surface area contributed by atoms with Gasteiger partial charge in [-0.25, -0.2) is 4.79 Å². The summed E-state index contributed by atoms with van der Waals surface area (Å²) in [7, 11) is 0. The first-order chi connectivity index (χ1) is 9.40. The van der Waals surface area contributed by atoms with Gasteiger partial charge >= 0.3 is 5.97 Å². The van der Waals surface area contributed by atoms with E-state index in [0.29, 0.717) is 4.90 Å². The van der Waals surface area contributed by atoms with E-state index in [2.05, 4.69) is 0 Å². The van der Waals surface area contributed by atoms with Crippen LogP contribution in [-0.2, 0) is 4.79 Å². The number of nitrogens with one attached hydrogen (secondary N) is 1. The van der Waals surface area contributed by atoms with Gasteiger partial charge in [0.05, 0.1) is 11.5 Å². The lowest BCUT2D eigenvalue weighted by molar-refractivity contribution is -0.385.